The van der Waals surface area contributed by atoms with Crippen LogP contribution in [0.15, 0.2) is 0 Å². The van der Waals surface area contributed by atoms with Crippen molar-refractivity contribution in [2.75, 3.05) is 27.2 Å². The molecule has 0 unspecified atom stereocenters. The predicted octanol–water partition coefficient (Wildman–Crippen LogP) is 8.05. The summed E-state index contributed by atoms with van der Waals surface area (Å²) >= 11 is 0. The van der Waals surface area contributed by atoms with Gasteiger partial charge in [-0.25, -0.2) is 0 Å². The van der Waals surface area contributed by atoms with E-state index in [2.05, 4.69) is 14.1 Å². The Bertz CT molecular complexity index is 618. The van der Waals surface area contributed by atoms with Crippen molar-refractivity contribution in [3.8, 4) is 0 Å². The van der Waals surface area contributed by atoms with Crippen LogP contribution in [0.1, 0.15) is 12.8 Å². The van der Waals surface area contributed by atoms with E-state index in [4.69, 9.17) is 0 Å². The molecule has 0 aromatic rings. The standard InChI is InChI=1S/C6F18P.C6H14N/c7-1(8,9)4(16,17)25(22,23,24,5(18,19)2(10,11)12)6(20,21)3(13,14)15;1-7(2)5-3-4-6-7/h;3-6H2,1-2H3/q-1;+1. The molecule has 32 heavy (non-hydrogen) atoms. The first-order chi connectivity index (χ1) is 13.3. The zero-order chi connectivity index (χ0) is 26.7. The Morgan fingerprint density at radius 3 is 0.750 bits per heavy atom. The Kier molecular flexibility index (Phi) is 6.88. The summed E-state index contributed by atoms with van der Waals surface area (Å²) in [6.07, 6.45) is -23.2. The van der Waals surface area contributed by atoms with Gasteiger partial charge in [-0.3, -0.25) is 0 Å². The summed E-state index contributed by atoms with van der Waals surface area (Å²) < 4.78 is 224. The third kappa shape index (κ3) is 3.59. The van der Waals surface area contributed by atoms with Crippen LogP contribution in [0.25, 0.3) is 0 Å². The molecular formula is C12H14F18NP. The second kappa shape index (κ2) is 7.07. The van der Waals surface area contributed by atoms with E-state index in [1.165, 1.54) is 30.4 Å². The topological polar surface area (TPSA) is 0 Å². The molecule has 0 radical (unpaired) electrons. The maximum atomic E-state index is 13.4. The number of hydrogen-bond acceptors (Lipinski definition) is 0. The number of quaternary nitrogens is 1. The van der Waals surface area contributed by atoms with Crippen molar-refractivity contribution in [1.29, 1.82) is 0 Å². The maximum absolute atomic E-state index is 15.0. The van der Waals surface area contributed by atoms with Crippen molar-refractivity contribution < 1.29 is 82.9 Å². The van der Waals surface area contributed by atoms with E-state index in [0.717, 1.165) is 0 Å². The summed E-state index contributed by atoms with van der Waals surface area (Å²) in [4.78, 5) is 0. The monoisotopic (exact) mass is 545 g/mol. The van der Waals surface area contributed by atoms with E-state index in [1.807, 2.05) is 0 Å². The van der Waals surface area contributed by atoms with Crippen LogP contribution in [-0.4, -0.2) is 67.2 Å². The molecule has 1 aliphatic heterocycles. The molecule has 0 spiro atoms. The van der Waals surface area contributed by atoms with E-state index >= 15 is 0 Å². The van der Waals surface area contributed by atoms with Crippen molar-refractivity contribution in [2.45, 2.75) is 48.4 Å². The summed E-state index contributed by atoms with van der Waals surface area (Å²) in [6.45, 7) is -12.2. The number of nitrogens with zero attached hydrogens (tertiary/aromatic N) is 1. The minimum atomic E-state index is -15.0. The van der Waals surface area contributed by atoms with Crippen LogP contribution in [-0.2, 0) is 0 Å². The van der Waals surface area contributed by atoms with Gasteiger partial charge < -0.3 is 4.48 Å². The Labute approximate surface area is 166 Å². The van der Waals surface area contributed by atoms with Gasteiger partial charge in [0.2, 0.25) is 0 Å². The molecule has 0 aliphatic carbocycles. The molecule has 0 bridgehead atoms. The van der Waals surface area contributed by atoms with Crippen LogP contribution >= 0.6 is 6.88 Å². The van der Waals surface area contributed by atoms with Crippen LogP contribution < -0.4 is 0 Å². The molecule has 1 nitrogen and oxygen atoms in total. The van der Waals surface area contributed by atoms with Crippen LogP contribution in [0.5, 0.6) is 0 Å². The zero-order valence-electron chi connectivity index (χ0n) is 15.5. The molecule has 0 atom stereocenters. The number of alkyl halides is 15. The SMILES string of the molecule is C[N+]1(C)CCCC1.FC(F)(F)C(F)(F)[P-](F)(F)(F)(C(F)(F)C(F)(F)F)C(F)(F)C(F)(F)F. The van der Waals surface area contributed by atoms with Crippen LogP contribution in [0.2, 0.25) is 0 Å². The molecule has 1 rings (SSSR count). The van der Waals surface area contributed by atoms with Crippen LogP contribution in [0.3, 0.4) is 0 Å². The van der Waals surface area contributed by atoms with Gasteiger partial charge in [0.15, 0.2) is 0 Å². The van der Waals surface area contributed by atoms with Crippen molar-refractivity contribution in [2.24, 2.45) is 0 Å². The molecule has 0 saturated carbocycles. The van der Waals surface area contributed by atoms with Crippen molar-refractivity contribution in [3.63, 3.8) is 0 Å². The fourth-order valence-electron chi connectivity index (χ4n) is 2.53. The van der Waals surface area contributed by atoms with Gasteiger partial charge in [0.05, 0.1) is 27.2 Å². The Hall–Kier alpha value is -0.870. The second-order valence-electron chi connectivity index (χ2n) is 7.49. The molecule has 0 aromatic heterocycles. The normalized spacial score (nSPS) is 21.4. The van der Waals surface area contributed by atoms with Gasteiger partial charge >= 0.3 is 121 Å². The number of rotatable bonds is 3. The van der Waals surface area contributed by atoms with E-state index < -0.39 is 42.4 Å². The summed E-state index contributed by atoms with van der Waals surface area (Å²) in [5.74, 6) is 0. The average Bonchev–Trinajstić information content (AvgIpc) is 2.88. The number of halogens is 18. The third-order valence-electron chi connectivity index (χ3n) is 4.60. The van der Waals surface area contributed by atoms with E-state index in [1.54, 1.807) is 0 Å². The first-order valence-electron chi connectivity index (χ1n) is 7.79. The summed E-state index contributed by atoms with van der Waals surface area (Å²) in [5.41, 5.74) is -29.3. The molecule has 0 N–H and O–H groups in total. The van der Waals surface area contributed by atoms with Gasteiger partial charge in [-0.15, -0.1) is 0 Å². The van der Waals surface area contributed by atoms with Crippen molar-refractivity contribution >= 4 is 6.88 Å². The fourth-order valence-corrected chi connectivity index (χ4v) is 5.21. The minimum absolute atomic E-state index is 1.25. The molecule has 1 aliphatic rings. The van der Waals surface area contributed by atoms with Gasteiger partial charge in [0, 0.05) is 12.8 Å². The Balaban J connectivity index is 0.00000115. The number of likely N-dealkylation sites (tertiary alicyclic amines) is 1. The molecule has 1 fully saturated rings. The van der Waals surface area contributed by atoms with Gasteiger partial charge in [-0.05, 0) is 0 Å². The molecular weight excluding hydrogens is 531 g/mol. The van der Waals surface area contributed by atoms with Crippen molar-refractivity contribution in [1.82, 2.24) is 0 Å². The van der Waals surface area contributed by atoms with Gasteiger partial charge in [-0.1, -0.05) is 0 Å². The number of hydrogen-bond donors (Lipinski definition) is 0. The molecule has 1 saturated heterocycles. The fraction of sp³-hybridized carbons (Fsp3) is 1.00. The van der Waals surface area contributed by atoms with Crippen LogP contribution in [0.4, 0.5) is 78.4 Å². The average molecular weight is 545 g/mol. The van der Waals surface area contributed by atoms with E-state index in [9.17, 15) is 78.4 Å². The summed E-state index contributed by atoms with van der Waals surface area (Å²) in [6, 6.07) is 0. The molecule has 20 heteroatoms. The summed E-state index contributed by atoms with van der Waals surface area (Å²) in [5, 5.41) is 0. The zero-order valence-corrected chi connectivity index (χ0v) is 16.4. The predicted molar refractivity (Wildman–Crippen MR) is 74.3 cm³/mol. The first-order valence-corrected chi connectivity index (χ1v) is 10.1. The first kappa shape index (κ1) is 31.1. The Morgan fingerprint density at radius 1 is 0.469 bits per heavy atom. The third-order valence-corrected chi connectivity index (χ3v) is 8.95. The summed E-state index contributed by atoms with van der Waals surface area (Å²) in [7, 11) is 4.60. The molecule has 0 amide bonds. The molecule has 1 heterocycles. The van der Waals surface area contributed by atoms with Crippen LogP contribution in [0, 0.1) is 0 Å². The molecule has 0 aromatic carbocycles. The van der Waals surface area contributed by atoms with Gasteiger partial charge in [-0.2, -0.15) is 0 Å². The Morgan fingerprint density at radius 2 is 0.656 bits per heavy atom. The second-order valence-corrected chi connectivity index (χ2v) is 11.8. The quantitative estimate of drug-likeness (QED) is 0.191. The van der Waals surface area contributed by atoms with Crippen molar-refractivity contribution in [3.05, 3.63) is 0 Å². The van der Waals surface area contributed by atoms with Gasteiger partial charge in [0.25, 0.3) is 0 Å². The van der Waals surface area contributed by atoms with E-state index in [-0.39, 0.29) is 0 Å². The molecule has 198 valence electrons. The van der Waals surface area contributed by atoms with Gasteiger partial charge in [0.1, 0.15) is 0 Å². The van der Waals surface area contributed by atoms with E-state index in [0.29, 0.717) is 0 Å².